The van der Waals surface area contributed by atoms with Crippen molar-refractivity contribution in [1.29, 1.82) is 0 Å². The van der Waals surface area contributed by atoms with Crippen molar-refractivity contribution in [3.05, 3.63) is 39.7 Å². The van der Waals surface area contributed by atoms with E-state index in [0.717, 1.165) is 23.9 Å². The second-order valence-corrected chi connectivity index (χ2v) is 7.31. The first-order valence-corrected chi connectivity index (χ1v) is 8.82. The summed E-state index contributed by atoms with van der Waals surface area (Å²) in [6.07, 6.45) is 2.10. The van der Waals surface area contributed by atoms with Crippen LogP contribution in [0, 0.1) is 0 Å². The Kier molecular flexibility index (Phi) is 4.28. The summed E-state index contributed by atoms with van der Waals surface area (Å²) in [6.45, 7) is 6.07. The summed E-state index contributed by atoms with van der Waals surface area (Å²) in [5.41, 5.74) is 1.24. The van der Waals surface area contributed by atoms with Crippen molar-refractivity contribution >= 4 is 33.5 Å². The third-order valence-electron chi connectivity index (χ3n) is 3.35. The van der Waals surface area contributed by atoms with E-state index in [4.69, 9.17) is 4.98 Å². The van der Waals surface area contributed by atoms with Crippen LogP contribution in [-0.2, 0) is 13.1 Å². The second-order valence-electron chi connectivity index (χ2n) is 5.41. The van der Waals surface area contributed by atoms with Gasteiger partial charge in [0, 0.05) is 36.1 Å². The molecule has 1 N–H and O–H groups in total. The number of nitrogens with one attached hydrogen (secondary N) is 1. The topological polar surface area (TPSA) is 32.6 Å². The van der Waals surface area contributed by atoms with Crippen LogP contribution in [0.2, 0.25) is 0 Å². The van der Waals surface area contributed by atoms with E-state index in [9.17, 15) is 0 Å². The van der Waals surface area contributed by atoms with Gasteiger partial charge in [-0.1, -0.05) is 19.9 Å². The summed E-state index contributed by atoms with van der Waals surface area (Å²) in [5.74, 6) is 1.07. The van der Waals surface area contributed by atoms with E-state index in [-0.39, 0.29) is 0 Å². The molecule has 21 heavy (non-hydrogen) atoms. The monoisotopic (exact) mass is 320 g/mol. The van der Waals surface area contributed by atoms with E-state index in [1.165, 1.54) is 10.6 Å². The van der Waals surface area contributed by atoms with Crippen LogP contribution < -0.4 is 10.2 Å². The zero-order valence-electron chi connectivity index (χ0n) is 12.5. The SMILES string of the molecule is CC(C)NCc1c(N(C)Cc2cccs2)nc2sccn12. The number of hydrogen-bond acceptors (Lipinski definition) is 5. The summed E-state index contributed by atoms with van der Waals surface area (Å²) in [6, 6.07) is 4.73. The van der Waals surface area contributed by atoms with Crippen LogP contribution >= 0.6 is 22.7 Å². The lowest BCUT2D eigenvalue weighted by atomic mass is 10.3. The van der Waals surface area contributed by atoms with Crippen molar-refractivity contribution in [2.75, 3.05) is 11.9 Å². The number of rotatable bonds is 6. The van der Waals surface area contributed by atoms with E-state index < -0.39 is 0 Å². The first kappa shape index (κ1) is 14.6. The number of hydrogen-bond donors (Lipinski definition) is 1. The summed E-state index contributed by atoms with van der Waals surface area (Å²) < 4.78 is 2.19. The van der Waals surface area contributed by atoms with Gasteiger partial charge in [0.15, 0.2) is 10.8 Å². The molecular weight excluding hydrogens is 300 g/mol. The largest absolute Gasteiger partial charge is 0.353 e. The van der Waals surface area contributed by atoms with Gasteiger partial charge in [-0.15, -0.1) is 22.7 Å². The Morgan fingerprint density at radius 1 is 1.33 bits per heavy atom. The summed E-state index contributed by atoms with van der Waals surface area (Å²) in [5, 5.41) is 7.71. The van der Waals surface area contributed by atoms with Gasteiger partial charge in [0.2, 0.25) is 0 Å². The van der Waals surface area contributed by atoms with Gasteiger partial charge in [-0.05, 0) is 11.4 Å². The van der Waals surface area contributed by atoms with Crippen LogP contribution in [0.1, 0.15) is 24.4 Å². The van der Waals surface area contributed by atoms with Gasteiger partial charge in [-0.2, -0.15) is 0 Å². The molecule has 0 saturated heterocycles. The maximum absolute atomic E-state index is 4.80. The highest BCUT2D eigenvalue weighted by Gasteiger charge is 2.17. The molecule has 3 aromatic heterocycles. The highest BCUT2D eigenvalue weighted by Crippen LogP contribution is 2.25. The fraction of sp³-hybridized carbons (Fsp3) is 0.400. The zero-order valence-corrected chi connectivity index (χ0v) is 14.2. The minimum atomic E-state index is 0.463. The average molecular weight is 320 g/mol. The lowest BCUT2D eigenvalue weighted by Crippen LogP contribution is -2.25. The van der Waals surface area contributed by atoms with Gasteiger partial charge in [0.25, 0.3) is 0 Å². The molecule has 0 atom stereocenters. The summed E-state index contributed by atoms with van der Waals surface area (Å²) >= 11 is 3.47. The molecule has 0 aromatic carbocycles. The maximum Gasteiger partial charge on any atom is 0.195 e. The van der Waals surface area contributed by atoms with Crippen molar-refractivity contribution < 1.29 is 0 Å². The van der Waals surface area contributed by atoms with Crippen LogP contribution in [0.15, 0.2) is 29.1 Å². The minimum Gasteiger partial charge on any atom is -0.353 e. The molecule has 3 aromatic rings. The van der Waals surface area contributed by atoms with Crippen molar-refractivity contribution in [3.8, 4) is 0 Å². The Labute approximate surface area is 133 Å². The summed E-state index contributed by atoms with van der Waals surface area (Å²) in [4.78, 5) is 9.46. The van der Waals surface area contributed by atoms with Gasteiger partial charge in [-0.3, -0.25) is 4.40 Å². The fourth-order valence-corrected chi connectivity index (χ4v) is 3.79. The first-order valence-electron chi connectivity index (χ1n) is 7.06. The highest BCUT2D eigenvalue weighted by atomic mass is 32.1. The Morgan fingerprint density at radius 3 is 2.90 bits per heavy atom. The normalized spacial score (nSPS) is 11.6. The molecule has 112 valence electrons. The average Bonchev–Trinajstić information content (AvgIpc) is 3.12. The first-order chi connectivity index (χ1) is 10.1. The van der Waals surface area contributed by atoms with Crippen molar-refractivity contribution in [1.82, 2.24) is 14.7 Å². The molecule has 0 unspecified atom stereocenters. The molecule has 0 spiro atoms. The Bertz CT molecular complexity index is 696. The quantitative estimate of drug-likeness (QED) is 0.753. The molecule has 3 heterocycles. The second kappa shape index (κ2) is 6.17. The maximum atomic E-state index is 4.80. The molecular formula is C15H20N4S2. The Hall–Kier alpha value is -1.37. The molecule has 0 aliphatic rings. The van der Waals surface area contributed by atoms with Crippen LogP contribution in [0.25, 0.3) is 4.96 Å². The third-order valence-corrected chi connectivity index (χ3v) is 4.97. The Morgan fingerprint density at radius 2 is 2.19 bits per heavy atom. The molecule has 6 heteroatoms. The van der Waals surface area contributed by atoms with E-state index in [1.807, 2.05) is 0 Å². The van der Waals surface area contributed by atoms with Crippen LogP contribution in [0.4, 0.5) is 5.82 Å². The summed E-state index contributed by atoms with van der Waals surface area (Å²) in [7, 11) is 2.12. The van der Waals surface area contributed by atoms with E-state index in [1.54, 1.807) is 22.7 Å². The van der Waals surface area contributed by atoms with Gasteiger partial charge in [-0.25, -0.2) is 4.98 Å². The number of thiophene rings is 1. The molecule has 3 rings (SSSR count). The molecule has 0 bridgehead atoms. The lowest BCUT2D eigenvalue weighted by molar-refractivity contribution is 0.579. The van der Waals surface area contributed by atoms with Crippen molar-refractivity contribution in [3.63, 3.8) is 0 Å². The predicted octanol–water partition coefficient (Wildman–Crippen LogP) is 3.59. The van der Waals surface area contributed by atoms with Crippen molar-refractivity contribution in [2.24, 2.45) is 0 Å². The van der Waals surface area contributed by atoms with E-state index >= 15 is 0 Å². The number of imidazole rings is 1. The molecule has 0 saturated carbocycles. The number of anilines is 1. The van der Waals surface area contributed by atoms with E-state index in [0.29, 0.717) is 6.04 Å². The molecule has 0 aliphatic carbocycles. The molecule has 4 nitrogen and oxygen atoms in total. The number of aromatic nitrogens is 2. The molecule has 0 amide bonds. The Balaban J connectivity index is 1.88. The van der Waals surface area contributed by atoms with Gasteiger partial charge in [0.1, 0.15) is 0 Å². The number of fused-ring (bicyclic) bond motifs is 1. The molecule has 0 aliphatic heterocycles. The minimum absolute atomic E-state index is 0.463. The van der Waals surface area contributed by atoms with Crippen LogP contribution in [-0.4, -0.2) is 22.5 Å². The van der Waals surface area contributed by atoms with Gasteiger partial charge in [0.05, 0.1) is 12.2 Å². The van der Waals surface area contributed by atoms with Crippen molar-refractivity contribution in [2.45, 2.75) is 33.0 Å². The van der Waals surface area contributed by atoms with Crippen LogP contribution in [0.3, 0.4) is 0 Å². The standard InChI is InChI=1S/C15H20N4S2/c1-11(2)16-9-13-14(17-15-19(13)6-8-21-15)18(3)10-12-5-4-7-20-12/h4-8,11,16H,9-10H2,1-3H3. The highest BCUT2D eigenvalue weighted by molar-refractivity contribution is 7.15. The van der Waals surface area contributed by atoms with Gasteiger partial charge < -0.3 is 10.2 Å². The van der Waals surface area contributed by atoms with Gasteiger partial charge >= 0.3 is 0 Å². The zero-order chi connectivity index (χ0) is 14.8. The molecule has 0 radical (unpaired) electrons. The smallest absolute Gasteiger partial charge is 0.195 e. The third kappa shape index (κ3) is 3.12. The molecule has 0 fully saturated rings. The van der Waals surface area contributed by atoms with Crippen LogP contribution in [0.5, 0.6) is 0 Å². The lowest BCUT2D eigenvalue weighted by Gasteiger charge is -2.18. The fourth-order valence-electron chi connectivity index (χ4n) is 2.30. The predicted molar refractivity (Wildman–Crippen MR) is 91.5 cm³/mol. The number of nitrogens with zero attached hydrogens (tertiary/aromatic N) is 3. The number of thiazole rings is 1. The van der Waals surface area contributed by atoms with E-state index in [2.05, 4.69) is 64.6 Å².